The van der Waals surface area contributed by atoms with Crippen LogP contribution in [0, 0.1) is 11.3 Å². The van der Waals surface area contributed by atoms with Gasteiger partial charge in [0.2, 0.25) is 0 Å². The maximum atomic E-state index is 12.2. The van der Waals surface area contributed by atoms with Crippen molar-refractivity contribution >= 4 is 11.9 Å². The van der Waals surface area contributed by atoms with Crippen LogP contribution in [0.25, 0.3) is 0 Å². The van der Waals surface area contributed by atoms with Gasteiger partial charge in [0.25, 0.3) is 0 Å². The number of carbonyl (C=O) groups is 2. The first kappa shape index (κ1) is 18.6. The molecule has 7 nitrogen and oxygen atoms in total. The first-order chi connectivity index (χ1) is 11.0. The van der Waals surface area contributed by atoms with E-state index in [1.165, 1.54) is 0 Å². The molecule has 0 aliphatic carbocycles. The Morgan fingerprint density at radius 2 is 1.70 bits per heavy atom. The van der Waals surface area contributed by atoms with Gasteiger partial charge in [0, 0.05) is 13.1 Å². The number of ether oxygens (including phenoxy) is 2. The van der Waals surface area contributed by atoms with Crippen molar-refractivity contribution < 1.29 is 19.1 Å². The fraction of sp³-hybridized carbons (Fsp3) is 0.562. The molecule has 1 aliphatic heterocycles. The van der Waals surface area contributed by atoms with E-state index >= 15 is 0 Å². The highest BCUT2D eigenvalue weighted by Gasteiger charge is 2.22. The monoisotopic (exact) mass is 321 g/mol. The Morgan fingerprint density at radius 3 is 2.22 bits per heavy atom. The minimum absolute atomic E-state index is 0.0124. The summed E-state index contributed by atoms with van der Waals surface area (Å²) in [6.07, 6.45) is 4.22. The summed E-state index contributed by atoms with van der Waals surface area (Å²) in [5, 5.41) is 9.13. The quantitative estimate of drug-likeness (QED) is 0.339. The van der Waals surface area contributed by atoms with Gasteiger partial charge in [-0.1, -0.05) is 0 Å². The number of nitriles is 1. The van der Waals surface area contributed by atoms with E-state index in [2.05, 4.69) is 0 Å². The Bertz CT molecular complexity index is 540. The number of rotatable bonds is 6. The van der Waals surface area contributed by atoms with Crippen LogP contribution in [0.2, 0.25) is 0 Å². The van der Waals surface area contributed by atoms with Gasteiger partial charge in [-0.05, 0) is 39.2 Å². The van der Waals surface area contributed by atoms with Crippen LogP contribution in [0.4, 0.5) is 0 Å². The SMILES string of the molecule is CCOC(=O)/C(C#N)=C/C(C(=O)OCC)=C(/N)N1CCCCC1. The molecule has 1 rings (SSSR count). The van der Waals surface area contributed by atoms with Gasteiger partial charge in [0.1, 0.15) is 23.0 Å². The number of esters is 2. The first-order valence-electron chi connectivity index (χ1n) is 7.75. The minimum Gasteiger partial charge on any atom is -0.462 e. The second-order valence-corrected chi connectivity index (χ2v) is 4.96. The summed E-state index contributed by atoms with van der Waals surface area (Å²) in [5.41, 5.74) is 5.83. The third-order valence-corrected chi connectivity index (χ3v) is 3.37. The molecule has 23 heavy (non-hydrogen) atoms. The molecular formula is C16H23N3O4. The van der Waals surface area contributed by atoms with E-state index in [0.29, 0.717) is 0 Å². The largest absolute Gasteiger partial charge is 0.462 e. The Balaban J connectivity index is 3.20. The molecule has 7 heteroatoms. The number of carbonyl (C=O) groups excluding carboxylic acids is 2. The van der Waals surface area contributed by atoms with Crippen LogP contribution < -0.4 is 5.73 Å². The van der Waals surface area contributed by atoms with E-state index in [9.17, 15) is 9.59 Å². The maximum Gasteiger partial charge on any atom is 0.348 e. The van der Waals surface area contributed by atoms with Gasteiger partial charge in [0.05, 0.1) is 13.2 Å². The summed E-state index contributed by atoms with van der Waals surface area (Å²) >= 11 is 0. The number of piperidine rings is 1. The highest BCUT2D eigenvalue weighted by atomic mass is 16.5. The highest BCUT2D eigenvalue weighted by molar-refractivity contribution is 5.99. The minimum atomic E-state index is -0.789. The first-order valence-corrected chi connectivity index (χ1v) is 7.75. The molecule has 0 spiro atoms. The summed E-state index contributed by atoms with van der Waals surface area (Å²) in [5.74, 6) is -1.23. The predicted molar refractivity (Wildman–Crippen MR) is 83.6 cm³/mol. The zero-order chi connectivity index (χ0) is 17.2. The lowest BCUT2D eigenvalue weighted by Gasteiger charge is -2.29. The third kappa shape index (κ3) is 5.33. The molecule has 1 heterocycles. The lowest BCUT2D eigenvalue weighted by atomic mass is 10.1. The standard InChI is InChI=1S/C16H23N3O4/c1-3-22-15(20)12(11-17)10-13(16(21)23-4-2)14(18)19-8-6-5-7-9-19/h10H,3-9,18H2,1-2H3/b12-10+,14-13+. The van der Waals surface area contributed by atoms with Crippen molar-refractivity contribution in [1.29, 1.82) is 5.26 Å². The van der Waals surface area contributed by atoms with Crippen LogP contribution in [0.3, 0.4) is 0 Å². The number of likely N-dealkylation sites (tertiary alicyclic amines) is 1. The molecule has 0 aromatic heterocycles. The molecule has 1 aliphatic rings. The van der Waals surface area contributed by atoms with Crippen molar-refractivity contribution in [3.63, 3.8) is 0 Å². The Kier molecular flexibility index (Phi) is 7.67. The third-order valence-electron chi connectivity index (χ3n) is 3.37. The average Bonchev–Trinajstić information content (AvgIpc) is 2.56. The smallest absolute Gasteiger partial charge is 0.348 e. The average molecular weight is 321 g/mol. The molecule has 1 saturated heterocycles. The van der Waals surface area contributed by atoms with Gasteiger partial charge in [-0.15, -0.1) is 0 Å². The van der Waals surface area contributed by atoms with E-state index in [1.807, 2.05) is 4.90 Å². The Hall–Kier alpha value is -2.49. The van der Waals surface area contributed by atoms with Crippen molar-refractivity contribution in [2.24, 2.45) is 5.73 Å². The molecule has 0 atom stereocenters. The summed E-state index contributed by atoms with van der Waals surface area (Å²) < 4.78 is 9.79. The molecule has 0 bridgehead atoms. The second-order valence-electron chi connectivity index (χ2n) is 4.96. The molecule has 126 valence electrons. The van der Waals surface area contributed by atoms with E-state index in [1.54, 1.807) is 19.9 Å². The van der Waals surface area contributed by atoms with E-state index in [4.69, 9.17) is 20.5 Å². The molecule has 0 saturated carbocycles. The van der Waals surface area contributed by atoms with Gasteiger partial charge in [-0.2, -0.15) is 5.26 Å². The lowest BCUT2D eigenvalue weighted by molar-refractivity contribution is -0.138. The number of nitrogens with two attached hydrogens (primary N) is 1. The molecule has 2 N–H and O–H groups in total. The molecule has 0 radical (unpaired) electrons. The molecule has 0 aromatic carbocycles. The highest BCUT2D eigenvalue weighted by Crippen LogP contribution is 2.17. The number of hydrogen-bond donors (Lipinski definition) is 1. The van der Waals surface area contributed by atoms with E-state index in [-0.39, 0.29) is 30.2 Å². The normalized spacial score (nSPS) is 16.2. The summed E-state index contributed by atoms with van der Waals surface area (Å²) in [4.78, 5) is 25.8. The van der Waals surface area contributed by atoms with Crippen molar-refractivity contribution in [2.45, 2.75) is 33.1 Å². The van der Waals surface area contributed by atoms with Crippen LogP contribution in [-0.2, 0) is 19.1 Å². The fourth-order valence-electron chi connectivity index (χ4n) is 2.24. The van der Waals surface area contributed by atoms with Gasteiger partial charge in [-0.3, -0.25) is 0 Å². The van der Waals surface area contributed by atoms with Gasteiger partial charge < -0.3 is 20.1 Å². The number of hydrogen-bond acceptors (Lipinski definition) is 7. The van der Waals surface area contributed by atoms with Crippen LogP contribution in [0.15, 0.2) is 23.0 Å². The summed E-state index contributed by atoms with van der Waals surface area (Å²) in [6.45, 7) is 5.07. The number of nitrogens with zero attached hydrogens (tertiary/aromatic N) is 2. The Morgan fingerprint density at radius 1 is 1.13 bits per heavy atom. The second kappa shape index (κ2) is 9.51. The zero-order valence-corrected chi connectivity index (χ0v) is 13.6. The maximum absolute atomic E-state index is 12.2. The van der Waals surface area contributed by atoms with Gasteiger partial charge >= 0.3 is 11.9 Å². The van der Waals surface area contributed by atoms with Crippen LogP contribution in [-0.4, -0.2) is 43.1 Å². The molecule has 1 fully saturated rings. The topological polar surface area (TPSA) is 106 Å². The summed E-state index contributed by atoms with van der Waals surface area (Å²) in [6, 6.07) is 1.74. The van der Waals surface area contributed by atoms with Crippen molar-refractivity contribution in [1.82, 2.24) is 4.90 Å². The van der Waals surface area contributed by atoms with E-state index < -0.39 is 11.9 Å². The van der Waals surface area contributed by atoms with Crippen LogP contribution in [0.5, 0.6) is 0 Å². The van der Waals surface area contributed by atoms with Gasteiger partial charge in [0.15, 0.2) is 0 Å². The van der Waals surface area contributed by atoms with Crippen molar-refractivity contribution in [3.05, 3.63) is 23.0 Å². The van der Waals surface area contributed by atoms with Crippen LogP contribution in [0.1, 0.15) is 33.1 Å². The summed E-state index contributed by atoms with van der Waals surface area (Å²) in [7, 11) is 0. The van der Waals surface area contributed by atoms with Crippen molar-refractivity contribution in [2.75, 3.05) is 26.3 Å². The predicted octanol–water partition coefficient (Wildman–Crippen LogP) is 1.22. The van der Waals surface area contributed by atoms with Crippen molar-refractivity contribution in [3.8, 4) is 6.07 Å². The molecule has 0 aromatic rings. The Labute approximate surface area is 136 Å². The lowest BCUT2D eigenvalue weighted by Crippen LogP contribution is -2.35. The van der Waals surface area contributed by atoms with Crippen LogP contribution >= 0.6 is 0 Å². The fourth-order valence-corrected chi connectivity index (χ4v) is 2.24. The molecular weight excluding hydrogens is 298 g/mol. The van der Waals surface area contributed by atoms with E-state index in [0.717, 1.165) is 38.4 Å². The zero-order valence-electron chi connectivity index (χ0n) is 13.6. The molecule has 0 amide bonds. The molecule has 0 unspecified atom stereocenters. The van der Waals surface area contributed by atoms with Gasteiger partial charge in [-0.25, -0.2) is 9.59 Å².